The fourth-order valence-corrected chi connectivity index (χ4v) is 5.69. The molecule has 2 aromatic heterocycles. The summed E-state index contributed by atoms with van der Waals surface area (Å²) in [5.74, 6) is -2.28. The van der Waals surface area contributed by atoms with Crippen LogP contribution in [0.25, 0.3) is 34.2 Å². The first-order chi connectivity index (χ1) is 25.8. The third kappa shape index (κ3) is 14.1. The van der Waals surface area contributed by atoms with Crippen LogP contribution >= 0.6 is 31.9 Å². The number of aromatic nitrogens is 4. The average molecular weight is 992 g/mol. The number of hydrogen-bond acceptors (Lipinski definition) is 6. The van der Waals surface area contributed by atoms with Crippen LogP contribution in [0.15, 0.2) is 106 Å². The minimum atomic E-state index is -1.24. The zero-order chi connectivity index (χ0) is 39.4. The van der Waals surface area contributed by atoms with Crippen molar-refractivity contribution in [2.45, 2.75) is 45.6 Å². The number of aliphatic hydroxyl groups is 1. The summed E-state index contributed by atoms with van der Waals surface area (Å²) in [4.78, 5) is 24.9. The molecule has 0 unspecified atom stereocenters. The Kier molecular flexibility index (Phi) is 22.1. The number of aryl methyl sites for hydroxylation is 1. The van der Waals surface area contributed by atoms with Crippen molar-refractivity contribution < 1.29 is 54.0 Å². The Morgan fingerprint density at radius 1 is 0.719 bits per heavy atom. The topological polar surface area (TPSA) is 99.2 Å². The van der Waals surface area contributed by atoms with Crippen molar-refractivity contribution in [1.82, 2.24) is 19.1 Å². The quantitative estimate of drug-likeness (QED) is 0.108. The maximum absolute atomic E-state index is 14.2. The van der Waals surface area contributed by atoms with Gasteiger partial charge in [0, 0.05) is 45.9 Å². The molecule has 0 atom stereocenters. The number of imidazole rings is 2. The fourth-order valence-electron chi connectivity index (χ4n) is 5.16. The summed E-state index contributed by atoms with van der Waals surface area (Å²) in [5.41, 5.74) is 1.01. The van der Waals surface area contributed by atoms with E-state index in [1.807, 2.05) is 49.5 Å². The third-order valence-corrected chi connectivity index (χ3v) is 8.92. The van der Waals surface area contributed by atoms with Gasteiger partial charge in [0.1, 0.15) is 28.9 Å². The molecule has 7 rings (SSSR count). The number of rotatable bonds is 6. The van der Waals surface area contributed by atoms with Crippen LogP contribution < -0.4 is 17.0 Å². The zero-order valence-electron chi connectivity index (χ0n) is 31.6. The minimum absolute atomic E-state index is 0. The van der Waals surface area contributed by atoms with Gasteiger partial charge in [0.05, 0.1) is 22.5 Å². The van der Waals surface area contributed by atoms with Gasteiger partial charge in [-0.1, -0.05) is 50.9 Å². The third-order valence-electron chi connectivity index (χ3n) is 7.86. The molecular formula is C41H39Br3F4MgN4O4. The summed E-state index contributed by atoms with van der Waals surface area (Å²) in [7, 11) is 0. The van der Waals surface area contributed by atoms with Crippen LogP contribution in [-0.4, -0.2) is 66.6 Å². The molecule has 0 radical (unpaired) electrons. The largest absolute Gasteiger partial charge is 2.00 e. The number of nitrogens with zero attached hydrogens (tertiary/aromatic N) is 4. The second-order valence-corrected chi connectivity index (χ2v) is 14.0. The van der Waals surface area contributed by atoms with Gasteiger partial charge in [-0.05, 0) is 106 Å². The Hall–Kier alpha value is -3.47. The average Bonchev–Trinajstić information content (AvgIpc) is 3.93. The predicted molar refractivity (Wildman–Crippen MR) is 215 cm³/mol. The standard InChI is InChI=1S/C18H15BrF2N2O.C17H13BrF2N2.C4H8O.CO2.CH3.BrH.Mg/c1-18(2,24)15-10-23(12-8-6-11(19)7-9-12)17(22-15)16-13(20)4-3-5-14(16)21;1-2-12-10-22(13-8-6-11(18)7-9-13)17(21-12)16-14(19)4-3-5-15(16)20;1-2-4-5-3-1;2-1-3;;;/h3-10,24H,1-2H3;3-10H,2H2,1H3;1-4H2;;1H3;1H;/q;;;;-1;;+2/p-1. The van der Waals surface area contributed by atoms with E-state index in [9.17, 15) is 22.7 Å². The Morgan fingerprint density at radius 2 is 1.09 bits per heavy atom. The summed E-state index contributed by atoms with van der Waals surface area (Å²) < 4.78 is 66.7. The van der Waals surface area contributed by atoms with Crippen LogP contribution in [0.1, 0.15) is 45.0 Å². The van der Waals surface area contributed by atoms with Gasteiger partial charge in [-0.15, -0.1) is 0 Å². The molecule has 0 amide bonds. The van der Waals surface area contributed by atoms with E-state index in [4.69, 9.17) is 14.3 Å². The molecular weight excluding hydrogens is 952 g/mol. The van der Waals surface area contributed by atoms with Gasteiger partial charge in [-0.3, -0.25) is 9.13 Å². The molecule has 0 aliphatic carbocycles. The Morgan fingerprint density at radius 3 is 1.42 bits per heavy atom. The van der Waals surface area contributed by atoms with Gasteiger partial charge in [-0.25, -0.2) is 27.5 Å². The van der Waals surface area contributed by atoms with E-state index in [1.165, 1.54) is 49.2 Å². The van der Waals surface area contributed by atoms with Gasteiger partial charge in [0.15, 0.2) is 11.6 Å². The van der Waals surface area contributed by atoms with E-state index in [-0.39, 0.29) is 76.4 Å². The summed E-state index contributed by atoms with van der Waals surface area (Å²) in [5, 5.41) is 10.2. The number of benzene rings is 4. The zero-order valence-corrected chi connectivity index (χ0v) is 37.8. The molecule has 57 heavy (non-hydrogen) atoms. The van der Waals surface area contributed by atoms with Gasteiger partial charge in [0.2, 0.25) is 0 Å². The van der Waals surface area contributed by atoms with Crippen LogP contribution in [0.3, 0.4) is 0 Å². The molecule has 0 spiro atoms. The molecule has 1 fully saturated rings. The molecule has 6 aromatic rings. The normalized spacial score (nSPS) is 11.4. The monoisotopic (exact) mass is 988 g/mol. The van der Waals surface area contributed by atoms with E-state index in [1.54, 1.807) is 41.3 Å². The van der Waals surface area contributed by atoms with Crippen LogP contribution in [0.5, 0.6) is 0 Å². The second-order valence-electron chi connectivity index (χ2n) is 12.2. The van der Waals surface area contributed by atoms with Crippen LogP contribution in [-0.2, 0) is 26.3 Å². The first kappa shape index (κ1) is 51.5. The maximum atomic E-state index is 14.2. The summed E-state index contributed by atoms with van der Waals surface area (Å²) in [6.45, 7) is 7.10. The Labute approximate surface area is 372 Å². The molecule has 298 valence electrons. The molecule has 16 heteroatoms. The van der Waals surface area contributed by atoms with Crippen molar-refractivity contribution in [1.29, 1.82) is 0 Å². The SMILES string of the molecule is C1CCOC1.CC(C)(O)c1cn(-c2ccc(Br)cc2)c(-c2c(F)cccc2F)n1.CCc1cn(-c2ccc(Br)cc2)c(-c2c(F)cccc2F)n1.O=C=O.[Br-].[CH3-].[Mg+2]. The number of carbonyl (C=O) groups excluding carboxylic acids is 2. The number of halogens is 7. The van der Waals surface area contributed by atoms with E-state index >= 15 is 0 Å². The van der Waals surface area contributed by atoms with Gasteiger partial charge in [-0.2, -0.15) is 9.59 Å². The molecule has 0 bridgehead atoms. The molecule has 1 saturated heterocycles. The van der Waals surface area contributed by atoms with Crippen molar-refractivity contribution in [3.05, 3.63) is 148 Å². The molecule has 0 saturated carbocycles. The van der Waals surface area contributed by atoms with Crippen LogP contribution in [0.2, 0.25) is 0 Å². The number of hydrogen-bond donors (Lipinski definition) is 1. The van der Waals surface area contributed by atoms with Crippen molar-refractivity contribution in [3.8, 4) is 34.2 Å². The Bertz CT molecular complexity index is 2140. The van der Waals surface area contributed by atoms with Crippen LogP contribution in [0.4, 0.5) is 17.6 Å². The van der Waals surface area contributed by atoms with E-state index in [0.717, 1.165) is 33.5 Å². The summed E-state index contributed by atoms with van der Waals surface area (Å²) in [6.07, 6.45) is 6.89. The van der Waals surface area contributed by atoms with E-state index in [2.05, 4.69) is 41.8 Å². The summed E-state index contributed by atoms with van der Waals surface area (Å²) in [6, 6.07) is 22.2. The molecule has 1 aliphatic rings. The van der Waals surface area contributed by atoms with Crippen molar-refractivity contribution >= 4 is 61.1 Å². The summed E-state index contributed by atoms with van der Waals surface area (Å²) >= 11 is 6.74. The molecule has 1 N–H and O–H groups in total. The van der Waals surface area contributed by atoms with Gasteiger partial charge < -0.3 is 34.3 Å². The molecule has 1 aliphatic heterocycles. The van der Waals surface area contributed by atoms with E-state index < -0.39 is 28.9 Å². The number of ether oxygens (including phenoxy) is 1. The molecule has 8 nitrogen and oxygen atoms in total. The van der Waals surface area contributed by atoms with Crippen molar-refractivity contribution in [2.24, 2.45) is 0 Å². The van der Waals surface area contributed by atoms with Crippen molar-refractivity contribution in [3.63, 3.8) is 0 Å². The fraction of sp³-hybridized carbons (Fsp3) is 0.220. The van der Waals surface area contributed by atoms with Crippen molar-refractivity contribution in [2.75, 3.05) is 13.2 Å². The van der Waals surface area contributed by atoms with Gasteiger partial charge >= 0.3 is 29.2 Å². The second kappa shape index (κ2) is 24.4. The van der Waals surface area contributed by atoms with Gasteiger partial charge in [0.25, 0.3) is 0 Å². The molecule has 3 heterocycles. The van der Waals surface area contributed by atoms with E-state index in [0.29, 0.717) is 17.8 Å². The molecule has 4 aromatic carbocycles. The Balaban J connectivity index is 0.000000458. The van der Waals surface area contributed by atoms with Crippen LogP contribution in [0, 0.1) is 30.7 Å². The minimum Gasteiger partial charge on any atom is -1.00 e. The first-order valence-corrected chi connectivity index (χ1v) is 18.3. The smallest absolute Gasteiger partial charge is 1.00 e. The first-order valence-electron chi connectivity index (χ1n) is 16.7. The maximum Gasteiger partial charge on any atom is 2.00 e. The predicted octanol–water partition coefficient (Wildman–Crippen LogP) is 7.24.